The lowest BCUT2D eigenvalue weighted by Gasteiger charge is -2.27. The van der Waals surface area contributed by atoms with Crippen LogP contribution in [0, 0.1) is 0 Å². The summed E-state index contributed by atoms with van der Waals surface area (Å²) in [5, 5.41) is 0.462. The highest BCUT2D eigenvalue weighted by Crippen LogP contribution is 2.25. The number of piperidine rings is 1. The molecular formula is C17H20ClN5O. The van der Waals surface area contributed by atoms with Gasteiger partial charge in [-0.1, -0.05) is 11.6 Å². The predicted octanol–water partition coefficient (Wildman–Crippen LogP) is 2.79. The SMILES string of the molecule is CN(Cc1cnccn1)c1ncc(C(=O)N2CCCCC2)cc1Cl. The number of amides is 1. The van der Waals surface area contributed by atoms with E-state index in [4.69, 9.17) is 11.6 Å². The number of carbonyl (C=O) groups excluding carboxylic acids is 1. The second-order valence-corrected chi connectivity index (χ2v) is 6.34. The second kappa shape index (κ2) is 7.57. The van der Waals surface area contributed by atoms with Gasteiger partial charge in [0.1, 0.15) is 5.82 Å². The first kappa shape index (κ1) is 16.6. The number of anilines is 1. The van der Waals surface area contributed by atoms with Crippen LogP contribution in [0.4, 0.5) is 5.82 Å². The maximum Gasteiger partial charge on any atom is 0.255 e. The Labute approximate surface area is 146 Å². The van der Waals surface area contributed by atoms with Crippen LogP contribution >= 0.6 is 11.6 Å². The third kappa shape index (κ3) is 3.82. The van der Waals surface area contributed by atoms with E-state index in [2.05, 4.69) is 15.0 Å². The predicted molar refractivity (Wildman–Crippen MR) is 93.1 cm³/mol. The minimum atomic E-state index is 0.00669. The van der Waals surface area contributed by atoms with Crippen LogP contribution in [0.1, 0.15) is 35.3 Å². The van der Waals surface area contributed by atoms with Crippen molar-refractivity contribution >= 4 is 23.3 Å². The number of hydrogen-bond acceptors (Lipinski definition) is 5. The molecule has 0 unspecified atom stereocenters. The normalized spacial score (nSPS) is 14.5. The number of hydrogen-bond donors (Lipinski definition) is 0. The Hall–Kier alpha value is -2.21. The Balaban J connectivity index is 1.73. The number of carbonyl (C=O) groups is 1. The zero-order chi connectivity index (χ0) is 16.9. The fourth-order valence-electron chi connectivity index (χ4n) is 2.84. The summed E-state index contributed by atoms with van der Waals surface area (Å²) < 4.78 is 0. The van der Waals surface area contributed by atoms with Crippen LogP contribution in [0.25, 0.3) is 0 Å². The van der Waals surface area contributed by atoms with Crippen LogP contribution in [-0.4, -0.2) is 45.9 Å². The molecule has 0 saturated carbocycles. The highest BCUT2D eigenvalue weighted by Gasteiger charge is 2.20. The van der Waals surface area contributed by atoms with Gasteiger partial charge in [0.2, 0.25) is 0 Å². The molecule has 1 fully saturated rings. The number of likely N-dealkylation sites (tertiary alicyclic amines) is 1. The fourth-order valence-corrected chi connectivity index (χ4v) is 3.15. The van der Waals surface area contributed by atoms with E-state index in [0.717, 1.165) is 31.6 Å². The molecule has 2 aromatic heterocycles. The summed E-state index contributed by atoms with van der Waals surface area (Å²) in [5.74, 6) is 0.629. The van der Waals surface area contributed by atoms with Crippen LogP contribution in [0.15, 0.2) is 30.9 Å². The molecule has 6 nitrogen and oxygen atoms in total. The topological polar surface area (TPSA) is 62.2 Å². The monoisotopic (exact) mass is 345 g/mol. The summed E-state index contributed by atoms with van der Waals surface area (Å²) in [6.07, 6.45) is 9.91. The summed E-state index contributed by atoms with van der Waals surface area (Å²) >= 11 is 6.36. The van der Waals surface area contributed by atoms with Crippen molar-refractivity contribution in [2.75, 3.05) is 25.0 Å². The van der Waals surface area contributed by atoms with Gasteiger partial charge in [-0.15, -0.1) is 0 Å². The average Bonchev–Trinajstić information content (AvgIpc) is 2.62. The van der Waals surface area contributed by atoms with Gasteiger partial charge in [-0.25, -0.2) is 4.98 Å². The van der Waals surface area contributed by atoms with Crippen LogP contribution in [0.2, 0.25) is 5.02 Å². The van der Waals surface area contributed by atoms with E-state index < -0.39 is 0 Å². The van der Waals surface area contributed by atoms with Gasteiger partial charge in [0, 0.05) is 38.7 Å². The third-order valence-electron chi connectivity index (χ3n) is 4.09. The van der Waals surface area contributed by atoms with Gasteiger partial charge in [-0.05, 0) is 25.3 Å². The number of aromatic nitrogens is 3. The van der Waals surface area contributed by atoms with Crippen molar-refractivity contribution < 1.29 is 4.79 Å². The van der Waals surface area contributed by atoms with Crippen LogP contribution in [-0.2, 0) is 6.54 Å². The van der Waals surface area contributed by atoms with E-state index in [9.17, 15) is 4.79 Å². The van der Waals surface area contributed by atoms with E-state index >= 15 is 0 Å². The Morgan fingerprint density at radius 3 is 2.67 bits per heavy atom. The molecule has 0 bridgehead atoms. The number of pyridine rings is 1. The van der Waals surface area contributed by atoms with Crippen molar-refractivity contribution in [2.24, 2.45) is 0 Å². The molecule has 1 amide bonds. The van der Waals surface area contributed by atoms with Crippen molar-refractivity contribution in [3.8, 4) is 0 Å². The van der Waals surface area contributed by atoms with Gasteiger partial charge < -0.3 is 9.80 Å². The third-order valence-corrected chi connectivity index (χ3v) is 4.37. The molecule has 24 heavy (non-hydrogen) atoms. The molecule has 1 saturated heterocycles. The molecule has 1 aliphatic rings. The molecule has 0 atom stereocenters. The summed E-state index contributed by atoms with van der Waals surface area (Å²) in [5.41, 5.74) is 1.37. The van der Waals surface area contributed by atoms with Gasteiger partial charge >= 0.3 is 0 Å². The molecule has 0 aromatic carbocycles. The molecule has 0 radical (unpaired) electrons. The summed E-state index contributed by atoms with van der Waals surface area (Å²) in [6.45, 7) is 2.16. The van der Waals surface area contributed by atoms with E-state index in [0.29, 0.717) is 22.9 Å². The fraction of sp³-hybridized carbons (Fsp3) is 0.412. The van der Waals surface area contributed by atoms with Crippen LogP contribution < -0.4 is 4.90 Å². The molecule has 3 heterocycles. The van der Waals surface area contributed by atoms with E-state index in [1.165, 1.54) is 6.42 Å². The van der Waals surface area contributed by atoms with Gasteiger partial charge in [0.15, 0.2) is 0 Å². The Kier molecular flexibility index (Phi) is 5.25. The van der Waals surface area contributed by atoms with Gasteiger partial charge in [0.25, 0.3) is 5.91 Å². The van der Waals surface area contributed by atoms with E-state index in [-0.39, 0.29) is 5.91 Å². The van der Waals surface area contributed by atoms with Crippen molar-refractivity contribution in [1.82, 2.24) is 19.9 Å². The van der Waals surface area contributed by atoms with Crippen molar-refractivity contribution in [2.45, 2.75) is 25.8 Å². The van der Waals surface area contributed by atoms with Crippen LogP contribution in [0.5, 0.6) is 0 Å². The molecule has 2 aromatic rings. The minimum Gasteiger partial charge on any atom is -0.352 e. The Morgan fingerprint density at radius 2 is 2.00 bits per heavy atom. The molecule has 1 aliphatic heterocycles. The van der Waals surface area contributed by atoms with Crippen LogP contribution in [0.3, 0.4) is 0 Å². The second-order valence-electron chi connectivity index (χ2n) is 5.94. The van der Waals surface area contributed by atoms with E-state index in [1.807, 2.05) is 16.8 Å². The van der Waals surface area contributed by atoms with E-state index in [1.54, 1.807) is 30.9 Å². The largest absolute Gasteiger partial charge is 0.352 e. The molecule has 0 N–H and O–H groups in total. The summed E-state index contributed by atoms with van der Waals surface area (Å²) in [7, 11) is 1.88. The maximum absolute atomic E-state index is 12.5. The quantitative estimate of drug-likeness (QED) is 0.852. The smallest absolute Gasteiger partial charge is 0.255 e. The first-order valence-electron chi connectivity index (χ1n) is 8.06. The maximum atomic E-state index is 12.5. The molecule has 0 aliphatic carbocycles. The first-order valence-corrected chi connectivity index (χ1v) is 8.44. The average molecular weight is 346 g/mol. The highest BCUT2D eigenvalue weighted by molar-refractivity contribution is 6.33. The lowest BCUT2D eigenvalue weighted by molar-refractivity contribution is 0.0724. The first-order chi connectivity index (χ1) is 11.6. The molecular weight excluding hydrogens is 326 g/mol. The minimum absolute atomic E-state index is 0.00669. The van der Waals surface area contributed by atoms with Gasteiger partial charge in [-0.3, -0.25) is 14.8 Å². The molecule has 3 rings (SSSR count). The summed E-state index contributed by atoms with van der Waals surface area (Å²) in [4.78, 5) is 29.0. The zero-order valence-electron chi connectivity index (χ0n) is 13.7. The molecule has 7 heteroatoms. The lowest BCUT2D eigenvalue weighted by atomic mass is 10.1. The molecule has 126 valence electrons. The van der Waals surface area contributed by atoms with Crippen molar-refractivity contribution in [1.29, 1.82) is 0 Å². The van der Waals surface area contributed by atoms with Crippen molar-refractivity contribution in [3.05, 3.63) is 47.1 Å². The zero-order valence-corrected chi connectivity index (χ0v) is 14.4. The Bertz CT molecular complexity index is 703. The van der Waals surface area contributed by atoms with Crippen molar-refractivity contribution in [3.63, 3.8) is 0 Å². The van der Waals surface area contributed by atoms with Gasteiger partial charge in [0.05, 0.1) is 29.0 Å². The highest BCUT2D eigenvalue weighted by atomic mass is 35.5. The Morgan fingerprint density at radius 1 is 1.21 bits per heavy atom. The number of rotatable bonds is 4. The number of halogens is 1. The lowest BCUT2D eigenvalue weighted by Crippen LogP contribution is -2.35. The standard InChI is InChI=1S/C17H20ClN5O/c1-22(12-14-11-19-5-6-20-14)16-15(18)9-13(10-21-16)17(24)23-7-3-2-4-8-23/h5-6,9-11H,2-4,7-8,12H2,1H3. The number of nitrogens with zero attached hydrogens (tertiary/aromatic N) is 5. The summed E-state index contributed by atoms with van der Waals surface area (Å²) in [6, 6.07) is 1.70. The van der Waals surface area contributed by atoms with Gasteiger partial charge in [-0.2, -0.15) is 0 Å². The molecule has 0 spiro atoms.